The average molecular weight is 608 g/mol. The van der Waals surface area contributed by atoms with Crippen LogP contribution < -0.4 is 20.6 Å². The minimum absolute atomic E-state index is 0.0196. The van der Waals surface area contributed by atoms with Gasteiger partial charge in [0.25, 0.3) is 0 Å². The van der Waals surface area contributed by atoms with E-state index in [1.807, 2.05) is 29.2 Å². The number of rotatable bonds is 11. The number of aryl methyl sites for hydroxylation is 1. The maximum atomic E-state index is 13.5. The molecule has 234 valence electrons. The molecule has 2 amide bonds. The summed E-state index contributed by atoms with van der Waals surface area (Å²) in [7, 11) is -0.384. The van der Waals surface area contributed by atoms with Gasteiger partial charge in [-0.2, -0.15) is 0 Å². The van der Waals surface area contributed by atoms with Crippen molar-refractivity contribution in [1.29, 1.82) is 0 Å². The third-order valence-corrected chi connectivity index (χ3v) is 14.6. The summed E-state index contributed by atoms with van der Waals surface area (Å²) in [6.07, 6.45) is 5.72. The molecule has 0 saturated carbocycles. The van der Waals surface area contributed by atoms with E-state index in [1.165, 1.54) is 10.8 Å². The number of aliphatic hydroxyl groups excluding tert-OH is 1. The van der Waals surface area contributed by atoms with Crippen LogP contribution in [0.25, 0.3) is 0 Å². The molecular weight excluding hydrogens is 558 g/mol. The quantitative estimate of drug-likeness (QED) is 0.333. The number of carbonyl (C=O) groups excluding carboxylic acids is 2. The molecule has 5 rings (SSSR count). The minimum atomic E-state index is -2.07. The van der Waals surface area contributed by atoms with Crippen molar-refractivity contribution in [2.24, 2.45) is 5.92 Å². The standard InChI is InChI=1S/C34H49N3O5Si/c1-23-30(18-11-24-9-12-25(13-10-24)36-34(40)29-8-5-19-35-29)42-31(21-32(39)37-20-6-7-26(37)22-38)33(23)43(3,4)28-16-14-27(41-2)15-17-28/h9-10,12-17,23,26,29-31,33,35,38H,5-8,11,18-22H2,1-4H3,(H,36,40)/t23-,26+,29-,30+,31-,33+/m1/s1. The van der Waals surface area contributed by atoms with E-state index in [0.717, 1.165) is 56.5 Å². The third-order valence-electron chi connectivity index (χ3n) is 10.2. The lowest BCUT2D eigenvalue weighted by Gasteiger charge is -2.36. The van der Waals surface area contributed by atoms with Gasteiger partial charge in [0, 0.05) is 12.2 Å². The normalized spacial score (nSPS) is 27.4. The summed E-state index contributed by atoms with van der Waals surface area (Å²) >= 11 is 0. The van der Waals surface area contributed by atoms with Gasteiger partial charge in [-0.05, 0) is 86.4 Å². The molecule has 0 spiro atoms. The van der Waals surface area contributed by atoms with Crippen LogP contribution in [0.5, 0.6) is 5.75 Å². The van der Waals surface area contributed by atoms with Crippen molar-refractivity contribution in [1.82, 2.24) is 10.2 Å². The zero-order chi connectivity index (χ0) is 30.6. The number of carbonyl (C=O) groups is 2. The van der Waals surface area contributed by atoms with E-state index in [4.69, 9.17) is 9.47 Å². The molecule has 0 unspecified atom stereocenters. The molecule has 8 nitrogen and oxygen atoms in total. The number of benzene rings is 2. The van der Waals surface area contributed by atoms with Gasteiger partial charge in [0.15, 0.2) is 0 Å². The smallest absolute Gasteiger partial charge is 0.241 e. The van der Waals surface area contributed by atoms with Gasteiger partial charge in [0.05, 0.1) is 52.5 Å². The highest BCUT2D eigenvalue weighted by Gasteiger charge is 2.51. The molecule has 0 aliphatic carbocycles. The molecule has 2 aromatic carbocycles. The molecule has 6 atom stereocenters. The number of hydrogen-bond donors (Lipinski definition) is 3. The summed E-state index contributed by atoms with van der Waals surface area (Å²) in [5, 5.41) is 17.5. The lowest BCUT2D eigenvalue weighted by Crippen LogP contribution is -2.51. The van der Waals surface area contributed by atoms with Crippen molar-refractivity contribution in [3.05, 3.63) is 54.1 Å². The Kier molecular flexibility index (Phi) is 10.3. The molecule has 3 aliphatic rings. The Morgan fingerprint density at radius 1 is 1.07 bits per heavy atom. The fourth-order valence-electron chi connectivity index (χ4n) is 7.69. The number of amides is 2. The zero-order valence-corrected chi connectivity index (χ0v) is 27.2. The van der Waals surface area contributed by atoms with Crippen LogP contribution in [0, 0.1) is 5.92 Å². The molecule has 0 radical (unpaired) electrons. The Morgan fingerprint density at radius 3 is 2.47 bits per heavy atom. The van der Waals surface area contributed by atoms with Crippen LogP contribution in [0.1, 0.15) is 51.0 Å². The number of anilines is 1. The summed E-state index contributed by atoms with van der Waals surface area (Å²) in [6, 6.07) is 16.4. The number of aliphatic hydroxyl groups is 1. The second-order valence-electron chi connectivity index (χ2n) is 13.2. The van der Waals surface area contributed by atoms with Crippen LogP contribution in [0.15, 0.2) is 48.5 Å². The first-order valence-corrected chi connectivity index (χ1v) is 19.1. The lowest BCUT2D eigenvalue weighted by atomic mass is 9.95. The first kappa shape index (κ1) is 31.7. The van der Waals surface area contributed by atoms with Gasteiger partial charge < -0.3 is 30.1 Å². The molecule has 9 heteroatoms. The van der Waals surface area contributed by atoms with Crippen molar-refractivity contribution in [3.8, 4) is 5.75 Å². The van der Waals surface area contributed by atoms with Crippen LogP contribution >= 0.6 is 0 Å². The monoisotopic (exact) mass is 607 g/mol. The van der Waals surface area contributed by atoms with Gasteiger partial charge in [-0.3, -0.25) is 9.59 Å². The maximum absolute atomic E-state index is 13.5. The number of likely N-dealkylation sites (tertiary alicyclic amines) is 1. The van der Waals surface area contributed by atoms with E-state index in [-0.39, 0.29) is 48.3 Å². The zero-order valence-electron chi connectivity index (χ0n) is 26.2. The van der Waals surface area contributed by atoms with Gasteiger partial charge in [0.1, 0.15) is 5.75 Å². The van der Waals surface area contributed by atoms with Crippen molar-refractivity contribution in [3.63, 3.8) is 0 Å². The molecule has 0 bridgehead atoms. The summed E-state index contributed by atoms with van der Waals surface area (Å²) in [6.45, 7) is 8.74. The van der Waals surface area contributed by atoms with Gasteiger partial charge in [0.2, 0.25) is 11.8 Å². The van der Waals surface area contributed by atoms with Gasteiger partial charge >= 0.3 is 0 Å². The van der Waals surface area contributed by atoms with Crippen LogP contribution in [-0.4, -0.2) is 81.0 Å². The number of ether oxygens (including phenoxy) is 2. The number of nitrogens with one attached hydrogen (secondary N) is 2. The maximum Gasteiger partial charge on any atom is 0.241 e. The average Bonchev–Trinajstić information content (AvgIpc) is 3.78. The number of methoxy groups -OCH3 is 1. The predicted octanol–water partition coefficient (Wildman–Crippen LogP) is 4.08. The summed E-state index contributed by atoms with van der Waals surface area (Å²) in [5.74, 6) is 1.28. The molecule has 3 aliphatic heterocycles. The highest BCUT2D eigenvalue weighted by atomic mass is 28.3. The van der Waals surface area contributed by atoms with Crippen LogP contribution in [0.2, 0.25) is 18.6 Å². The van der Waals surface area contributed by atoms with Crippen molar-refractivity contribution < 1.29 is 24.2 Å². The Bertz CT molecular complexity index is 1230. The summed E-state index contributed by atoms with van der Waals surface area (Å²) < 4.78 is 12.2. The van der Waals surface area contributed by atoms with E-state index in [1.54, 1.807) is 7.11 Å². The summed E-state index contributed by atoms with van der Waals surface area (Å²) in [5.41, 5.74) is 2.30. The number of nitrogens with zero attached hydrogens (tertiary/aromatic N) is 1. The van der Waals surface area contributed by atoms with Crippen molar-refractivity contribution >= 4 is 30.8 Å². The fraction of sp³-hybridized carbons (Fsp3) is 0.588. The van der Waals surface area contributed by atoms with Crippen molar-refractivity contribution in [2.75, 3.05) is 32.1 Å². The summed E-state index contributed by atoms with van der Waals surface area (Å²) in [4.78, 5) is 27.9. The van der Waals surface area contributed by atoms with Crippen LogP contribution in [0.3, 0.4) is 0 Å². The van der Waals surface area contributed by atoms with Gasteiger partial charge in [-0.25, -0.2) is 0 Å². The van der Waals surface area contributed by atoms with E-state index in [2.05, 4.69) is 54.9 Å². The molecule has 3 N–H and O–H groups in total. The SMILES string of the molecule is COc1ccc([Si](C)(C)[C@H]2[C@H](C)[C@H](CCc3ccc(NC(=O)[C@H]4CCCN4)cc3)O[C@@H]2CC(=O)N2CCC[C@H]2CO)cc1. The van der Waals surface area contributed by atoms with Crippen LogP contribution in [0.4, 0.5) is 5.69 Å². The highest BCUT2D eigenvalue weighted by Crippen LogP contribution is 2.46. The third kappa shape index (κ3) is 7.17. The minimum Gasteiger partial charge on any atom is -0.497 e. The van der Waals surface area contributed by atoms with E-state index >= 15 is 0 Å². The van der Waals surface area contributed by atoms with Gasteiger partial charge in [-0.1, -0.05) is 49.5 Å². The second kappa shape index (κ2) is 13.9. The molecule has 3 heterocycles. The Balaban J connectivity index is 1.28. The largest absolute Gasteiger partial charge is 0.497 e. The van der Waals surface area contributed by atoms with E-state index < -0.39 is 8.07 Å². The lowest BCUT2D eigenvalue weighted by molar-refractivity contribution is -0.135. The highest BCUT2D eigenvalue weighted by molar-refractivity contribution is 6.91. The molecular formula is C34H49N3O5Si. The topological polar surface area (TPSA) is 100 Å². The predicted molar refractivity (Wildman–Crippen MR) is 173 cm³/mol. The number of hydrogen-bond acceptors (Lipinski definition) is 6. The van der Waals surface area contributed by atoms with Gasteiger partial charge in [-0.15, -0.1) is 0 Å². The Hall–Kier alpha value is -2.72. The second-order valence-corrected chi connectivity index (χ2v) is 17.9. The van der Waals surface area contributed by atoms with E-state index in [9.17, 15) is 14.7 Å². The Labute approximate surface area is 257 Å². The van der Waals surface area contributed by atoms with Crippen LogP contribution in [-0.2, 0) is 20.7 Å². The Morgan fingerprint density at radius 2 is 1.81 bits per heavy atom. The molecule has 0 aromatic heterocycles. The first-order valence-electron chi connectivity index (χ1n) is 16.0. The first-order chi connectivity index (χ1) is 20.7. The molecule has 3 fully saturated rings. The molecule has 3 saturated heterocycles. The van der Waals surface area contributed by atoms with E-state index in [0.29, 0.717) is 18.9 Å². The molecule has 2 aromatic rings. The fourth-order valence-corrected chi connectivity index (χ4v) is 11.8. The molecule has 43 heavy (non-hydrogen) atoms. The van der Waals surface area contributed by atoms with Crippen molar-refractivity contribution in [2.45, 2.75) is 94.8 Å².